The molecule has 1 aliphatic rings. The van der Waals surface area contributed by atoms with E-state index in [1.54, 1.807) is 4.57 Å². The van der Waals surface area contributed by atoms with Crippen LogP contribution in [0, 0.1) is 6.92 Å². The van der Waals surface area contributed by atoms with E-state index in [0.717, 1.165) is 23.5 Å². The van der Waals surface area contributed by atoms with Gasteiger partial charge in [-0.15, -0.1) is 0 Å². The van der Waals surface area contributed by atoms with Crippen LogP contribution < -0.4 is 0 Å². The summed E-state index contributed by atoms with van der Waals surface area (Å²) in [4.78, 5) is 15.3. The van der Waals surface area contributed by atoms with Crippen LogP contribution in [0.25, 0.3) is 11.3 Å². The number of carbonyl (C=O) groups is 1. The van der Waals surface area contributed by atoms with Gasteiger partial charge in [0, 0.05) is 11.8 Å². The minimum atomic E-state index is -0.845. The number of hydrogen-bond acceptors (Lipinski definition) is 2. The molecule has 0 saturated heterocycles. The summed E-state index contributed by atoms with van der Waals surface area (Å²) in [5, 5.41) is 8.88. The number of imidazole rings is 1. The highest BCUT2D eigenvalue weighted by Gasteiger charge is 2.13. The molecule has 20 heavy (non-hydrogen) atoms. The first-order valence-corrected chi connectivity index (χ1v) is 7.01. The zero-order chi connectivity index (χ0) is 14.1. The molecule has 4 nitrogen and oxygen atoms in total. The van der Waals surface area contributed by atoms with Crippen LogP contribution in [0.5, 0.6) is 0 Å². The Morgan fingerprint density at radius 2 is 2.05 bits per heavy atom. The lowest BCUT2D eigenvalue weighted by Gasteiger charge is -2.15. The van der Waals surface area contributed by atoms with Crippen LogP contribution in [0.15, 0.2) is 24.4 Å². The van der Waals surface area contributed by atoms with Gasteiger partial charge in [0.05, 0.1) is 5.69 Å². The predicted octanol–water partition coefficient (Wildman–Crippen LogP) is 2.82. The number of benzene rings is 1. The molecule has 0 amide bonds. The molecule has 2 aromatic rings. The standard InChI is InChI=1S/C16H18N2O2/c1-11-17-15(9-18(11)10-16(19)20)14-7-6-12-4-2-3-5-13(12)8-14/h6-9H,2-5,10H2,1H3,(H,19,20). The summed E-state index contributed by atoms with van der Waals surface area (Å²) in [7, 11) is 0. The number of fused-ring (bicyclic) bond motifs is 1. The van der Waals surface area contributed by atoms with E-state index in [0.29, 0.717) is 0 Å². The second kappa shape index (κ2) is 5.12. The van der Waals surface area contributed by atoms with Gasteiger partial charge in [-0.3, -0.25) is 4.79 Å². The summed E-state index contributed by atoms with van der Waals surface area (Å²) in [6.45, 7) is 1.80. The Hall–Kier alpha value is -2.10. The summed E-state index contributed by atoms with van der Waals surface area (Å²) < 4.78 is 1.68. The molecule has 0 unspecified atom stereocenters. The molecule has 4 heteroatoms. The number of carboxylic acids is 1. The molecule has 3 rings (SSSR count). The van der Waals surface area contributed by atoms with E-state index in [4.69, 9.17) is 5.11 Å². The van der Waals surface area contributed by atoms with Crippen molar-refractivity contribution in [1.29, 1.82) is 0 Å². The molecule has 1 aromatic heterocycles. The number of nitrogens with zero attached hydrogens (tertiary/aromatic N) is 2. The normalized spacial score (nSPS) is 14.1. The van der Waals surface area contributed by atoms with Crippen molar-refractivity contribution in [2.45, 2.75) is 39.2 Å². The highest BCUT2D eigenvalue weighted by molar-refractivity contribution is 5.67. The molecule has 0 radical (unpaired) electrons. The number of aromatic nitrogens is 2. The molecule has 0 spiro atoms. The molecule has 1 N–H and O–H groups in total. The first kappa shape index (κ1) is 12.9. The van der Waals surface area contributed by atoms with Crippen molar-refractivity contribution < 1.29 is 9.90 Å². The van der Waals surface area contributed by atoms with Gasteiger partial charge in [-0.2, -0.15) is 0 Å². The van der Waals surface area contributed by atoms with Gasteiger partial charge < -0.3 is 9.67 Å². The van der Waals surface area contributed by atoms with Gasteiger partial charge in [0.1, 0.15) is 12.4 Å². The van der Waals surface area contributed by atoms with Gasteiger partial charge in [-0.05, 0) is 49.8 Å². The van der Waals surface area contributed by atoms with E-state index in [-0.39, 0.29) is 6.54 Å². The number of carboxylic acid groups (broad SMARTS) is 1. The van der Waals surface area contributed by atoms with E-state index in [2.05, 4.69) is 23.2 Å². The lowest BCUT2D eigenvalue weighted by molar-refractivity contribution is -0.137. The first-order valence-electron chi connectivity index (χ1n) is 7.01. The lowest BCUT2D eigenvalue weighted by atomic mass is 9.90. The van der Waals surface area contributed by atoms with Gasteiger partial charge in [0.25, 0.3) is 0 Å². The van der Waals surface area contributed by atoms with Crippen molar-refractivity contribution in [2.75, 3.05) is 0 Å². The molecule has 1 heterocycles. The number of hydrogen-bond donors (Lipinski definition) is 1. The van der Waals surface area contributed by atoms with E-state index >= 15 is 0 Å². The SMILES string of the molecule is Cc1nc(-c2ccc3c(c2)CCCC3)cn1CC(=O)O. The Labute approximate surface area is 118 Å². The third-order valence-corrected chi connectivity index (χ3v) is 3.93. The van der Waals surface area contributed by atoms with Crippen LogP contribution in [0.4, 0.5) is 0 Å². The summed E-state index contributed by atoms with van der Waals surface area (Å²) in [5.74, 6) is -0.109. The van der Waals surface area contributed by atoms with E-state index in [1.807, 2.05) is 13.1 Å². The van der Waals surface area contributed by atoms with Crippen LogP contribution >= 0.6 is 0 Å². The molecule has 0 aliphatic heterocycles. The summed E-state index contributed by atoms with van der Waals surface area (Å²) in [6, 6.07) is 6.49. The number of aryl methyl sites for hydroxylation is 3. The minimum absolute atomic E-state index is 0.0379. The zero-order valence-corrected chi connectivity index (χ0v) is 11.6. The highest BCUT2D eigenvalue weighted by atomic mass is 16.4. The smallest absolute Gasteiger partial charge is 0.323 e. The average Bonchev–Trinajstić information content (AvgIpc) is 2.79. The topological polar surface area (TPSA) is 55.1 Å². The number of rotatable bonds is 3. The fraction of sp³-hybridized carbons (Fsp3) is 0.375. The van der Waals surface area contributed by atoms with Crippen molar-refractivity contribution >= 4 is 5.97 Å². The van der Waals surface area contributed by atoms with Crippen LogP contribution in [0.2, 0.25) is 0 Å². The van der Waals surface area contributed by atoms with Gasteiger partial charge in [0.15, 0.2) is 0 Å². The van der Waals surface area contributed by atoms with Crippen LogP contribution in [0.3, 0.4) is 0 Å². The molecular weight excluding hydrogens is 252 g/mol. The summed E-state index contributed by atoms with van der Waals surface area (Å²) in [5.41, 5.74) is 4.80. The Balaban J connectivity index is 1.94. The largest absolute Gasteiger partial charge is 0.480 e. The lowest BCUT2D eigenvalue weighted by Crippen LogP contribution is -2.08. The fourth-order valence-electron chi connectivity index (χ4n) is 2.85. The maximum Gasteiger partial charge on any atom is 0.323 e. The molecule has 1 aromatic carbocycles. The van der Waals surface area contributed by atoms with Crippen molar-refractivity contribution in [3.8, 4) is 11.3 Å². The van der Waals surface area contributed by atoms with Gasteiger partial charge in [0.2, 0.25) is 0 Å². The molecule has 0 atom stereocenters. The average molecular weight is 270 g/mol. The maximum atomic E-state index is 10.8. The monoisotopic (exact) mass is 270 g/mol. The Kier molecular flexibility index (Phi) is 3.30. The minimum Gasteiger partial charge on any atom is -0.480 e. The van der Waals surface area contributed by atoms with E-state index in [9.17, 15) is 4.79 Å². The summed E-state index contributed by atoms with van der Waals surface area (Å²) >= 11 is 0. The van der Waals surface area contributed by atoms with Crippen molar-refractivity contribution in [3.63, 3.8) is 0 Å². The first-order chi connectivity index (χ1) is 9.63. The third kappa shape index (κ3) is 2.46. The fourth-order valence-corrected chi connectivity index (χ4v) is 2.85. The quantitative estimate of drug-likeness (QED) is 0.933. The Morgan fingerprint density at radius 1 is 1.30 bits per heavy atom. The maximum absolute atomic E-state index is 10.8. The Morgan fingerprint density at radius 3 is 2.80 bits per heavy atom. The van der Waals surface area contributed by atoms with Crippen molar-refractivity contribution in [1.82, 2.24) is 9.55 Å². The second-order valence-corrected chi connectivity index (χ2v) is 5.39. The van der Waals surface area contributed by atoms with Crippen LogP contribution in [-0.2, 0) is 24.2 Å². The van der Waals surface area contributed by atoms with Crippen molar-refractivity contribution in [2.24, 2.45) is 0 Å². The molecule has 0 fully saturated rings. The van der Waals surface area contributed by atoms with Crippen LogP contribution in [0.1, 0.15) is 29.8 Å². The number of aliphatic carboxylic acids is 1. The van der Waals surface area contributed by atoms with Crippen LogP contribution in [-0.4, -0.2) is 20.6 Å². The predicted molar refractivity (Wildman–Crippen MR) is 76.7 cm³/mol. The Bertz CT molecular complexity index is 658. The third-order valence-electron chi connectivity index (χ3n) is 3.93. The second-order valence-electron chi connectivity index (χ2n) is 5.39. The molecule has 1 aliphatic carbocycles. The molecular formula is C16H18N2O2. The van der Waals surface area contributed by atoms with Gasteiger partial charge >= 0.3 is 5.97 Å². The van der Waals surface area contributed by atoms with Gasteiger partial charge in [-0.1, -0.05) is 12.1 Å². The molecule has 0 bridgehead atoms. The van der Waals surface area contributed by atoms with Crippen molar-refractivity contribution in [3.05, 3.63) is 41.3 Å². The zero-order valence-electron chi connectivity index (χ0n) is 11.6. The van der Waals surface area contributed by atoms with Gasteiger partial charge in [-0.25, -0.2) is 4.98 Å². The molecule has 0 saturated carbocycles. The summed E-state index contributed by atoms with van der Waals surface area (Å²) in [6.07, 6.45) is 6.66. The molecule has 104 valence electrons. The van der Waals surface area contributed by atoms with E-state index in [1.165, 1.54) is 30.4 Å². The highest BCUT2D eigenvalue weighted by Crippen LogP contribution is 2.27. The van der Waals surface area contributed by atoms with E-state index < -0.39 is 5.97 Å².